The second-order valence-electron chi connectivity index (χ2n) is 4.29. The van der Waals surface area contributed by atoms with Crippen molar-refractivity contribution in [2.75, 3.05) is 40.0 Å². The van der Waals surface area contributed by atoms with Crippen molar-refractivity contribution in [3.8, 4) is 5.75 Å². The van der Waals surface area contributed by atoms with Crippen molar-refractivity contribution in [2.24, 2.45) is 0 Å². The van der Waals surface area contributed by atoms with Crippen LogP contribution in [0.1, 0.15) is 6.92 Å². The Labute approximate surface area is 114 Å². The van der Waals surface area contributed by atoms with Gasteiger partial charge < -0.3 is 24.4 Å². The fraction of sp³-hybridized carbons (Fsp3) is 0.538. The number of benzene rings is 1. The molecule has 0 amide bonds. The summed E-state index contributed by atoms with van der Waals surface area (Å²) in [6.45, 7) is 5.74. The van der Waals surface area contributed by atoms with Gasteiger partial charge in [0.15, 0.2) is 0 Å². The maximum Gasteiger partial charge on any atom is 0.488 e. The van der Waals surface area contributed by atoms with E-state index in [2.05, 4.69) is 4.90 Å². The molecule has 5 nitrogen and oxygen atoms in total. The number of hydrogen-bond acceptors (Lipinski definition) is 5. The number of hydrogen-bond donors (Lipinski definition) is 2. The predicted molar refractivity (Wildman–Crippen MR) is 75.8 cm³/mol. The molecule has 1 rings (SSSR count). The minimum Gasteiger partial charge on any atom is -0.492 e. The van der Waals surface area contributed by atoms with Crippen LogP contribution in [0.15, 0.2) is 24.3 Å². The molecule has 2 N–H and O–H groups in total. The van der Waals surface area contributed by atoms with Crippen LogP contribution in [0, 0.1) is 0 Å². The lowest BCUT2D eigenvalue weighted by molar-refractivity contribution is 0.116. The number of likely N-dealkylation sites (N-methyl/N-ethyl adjacent to an activating group) is 1. The summed E-state index contributed by atoms with van der Waals surface area (Å²) in [5, 5.41) is 17.9. The molecule has 0 fully saturated rings. The topological polar surface area (TPSA) is 62.2 Å². The Morgan fingerprint density at radius 1 is 1.11 bits per heavy atom. The highest BCUT2D eigenvalue weighted by atomic mass is 16.5. The van der Waals surface area contributed by atoms with E-state index in [1.165, 1.54) is 0 Å². The van der Waals surface area contributed by atoms with Gasteiger partial charge in [0.2, 0.25) is 0 Å². The molecule has 0 saturated heterocycles. The van der Waals surface area contributed by atoms with Gasteiger partial charge in [-0.3, -0.25) is 0 Å². The van der Waals surface area contributed by atoms with Crippen LogP contribution >= 0.6 is 0 Å². The molecule has 0 bridgehead atoms. The summed E-state index contributed by atoms with van der Waals surface area (Å²) in [5.41, 5.74) is 0.459. The smallest absolute Gasteiger partial charge is 0.488 e. The summed E-state index contributed by atoms with van der Waals surface area (Å²) >= 11 is 0. The fourth-order valence-corrected chi connectivity index (χ4v) is 1.53. The van der Waals surface area contributed by atoms with Crippen LogP contribution in [0.3, 0.4) is 0 Å². The standard InChI is InChI=1S/C13H22BNO4/c1-3-18-10-8-15(2)9-11-19-13-6-4-12(5-7-13)14(16)17/h4-7,16-17H,3,8-11H2,1-2H3. The largest absolute Gasteiger partial charge is 0.492 e. The Kier molecular flexibility index (Phi) is 7.51. The normalized spacial score (nSPS) is 10.8. The van der Waals surface area contributed by atoms with E-state index in [-0.39, 0.29) is 0 Å². The van der Waals surface area contributed by atoms with Crippen molar-refractivity contribution >= 4 is 12.6 Å². The minimum atomic E-state index is -1.43. The average Bonchev–Trinajstić information content (AvgIpc) is 2.39. The minimum absolute atomic E-state index is 0.459. The van der Waals surface area contributed by atoms with Gasteiger partial charge in [-0.2, -0.15) is 0 Å². The molecule has 0 aliphatic heterocycles. The quantitative estimate of drug-likeness (QED) is 0.475. The lowest BCUT2D eigenvalue weighted by Gasteiger charge is -2.16. The monoisotopic (exact) mass is 267 g/mol. The molecule has 0 heterocycles. The van der Waals surface area contributed by atoms with E-state index in [4.69, 9.17) is 19.5 Å². The summed E-state index contributed by atoms with van der Waals surface area (Å²) in [4.78, 5) is 2.14. The fourth-order valence-electron chi connectivity index (χ4n) is 1.53. The molecule has 19 heavy (non-hydrogen) atoms. The summed E-state index contributed by atoms with van der Waals surface area (Å²) in [6.07, 6.45) is 0. The van der Waals surface area contributed by atoms with E-state index >= 15 is 0 Å². The maximum absolute atomic E-state index is 8.96. The van der Waals surface area contributed by atoms with Gasteiger partial charge in [0.25, 0.3) is 0 Å². The molecule has 0 aliphatic rings. The molecule has 0 spiro atoms. The first-order valence-corrected chi connectivity index (χ1v) is 6.48. The Morgan fingerprint density at radius 2 is 1.74 bits per heavy atom. The predicted octanol–water partition coefficient (Wildman–Crippen LogP) is -0.286. The first-order chi connectivity index (χ1) is 9.13. The van der Waals surface area contributed by atoms with Gasteiger partial charge in [-0.05, 0) is 31.6 Å². The molecule has 6 heteroatoms. The van der Waals surface area contributed by atoms with Crippen molar-refractivity contribution in [1.29, 1.82) is 0 Å². The van der Waals surface area contributed by atoms with Crippen LogP contribution in [0.2, 0.25) is 0 Å². The zero-order valence-corrected chi connectivity index (χ0v) is 11.6. The highest BCUT2D eigenvalue weighted by Gasteiger charge is 2.09. The van der Waals surface area contributed by atoms with Gasteiger partial charge in [-0.15, -0.1) is 0 Å². The summed E-state index contributed by atoms with van der Waals surface area (Å²) in [7, 11) is 0.590. The second-order valence-corrected chi connectivity index (χ2v) is 4.29. The number of rotatable bonds is 9. The van der Waals surface area contributed by atoms with E-state index < -0.39 is 7.12 Å². The van der Waals surface area contributed by atoms with Gasteiger partial charge in [0.05, 0.1) is 6.61 Å². The number of ether oxygens (including phenoxy) is 2. The van der Waals surface area contributed by atoms with Crippen molar-refractivity contribution in [1.82, 2.24) is 4.90 Å². The van der Waals surface area contributed by atoms with Gasteiger partial charge in [0, 0.05) is 19.7 Å². The Bertz CT molecular complexity index is 345. The molecular formula is C13H22BNO4. The Morgan fingerprint density at radius 3 is 2.32 bits per heavy atom. The molecule has 1 aromatic rings. The lowest BCUT2D eigenvalue weighted by Crippen LogP contribution is -2.29. The van der Waals surface area contributed by atoms with Crippen molar-refractivity contribution in [3.63, 3.8) is 0 Å². The Balaban J connectivity index is 2.21. The van der Waals surface area contributed by atoms with Crippen molar-refractivity contribution in [2.45, 2.75) is 6.92 Å². The van der Waals surface area contributed by atoms with E-state index in [1.54, 1.807) is 24.3 Å². The van der Waals surface area contributed by atoms with Crippen LogP contribution in [-0.2, 0) is 4.74 Å². The third kappa shape index (κ3) is 6.59. The third-order valence-corrected chi connectivity index (χ3v) is 2.74. The zero-order valence-electron chi connectivity index (χ0n) is 11.6. The summed E-state index contributed by atoms with van der Waals surface area (Å²) < 4.78 is 10.8. The first kappa shape index (κ1) is 16.0. The van der Waals surface area contributed by atoms with Crippen LogP contribution in [-0.4, -0.2) is 62.0 Å². The molecule has 0 atom stereocenters. The summed E-state index contributed by atoms with van der Waals surface area (Å²) in [5.74, 6) is 0.725. The van der Waals surface area contributed by atoms with E-state index in [1.807, 2.05) is 14.0 Å². The zero-order chi connectivity index (χ0) is 14.1. The van der Waals surface area contributed by atoms with Crippen LogP contribution in [0.5, 0.6) is 5.75 Å². The van der Waals surface area contributed by atoms with Crippen molar-refractivity contribution in [3.05, 3.63) is 24.3 Å². The van der Waals surface area contributed by atoms with Gasteiger partial charge in [-0.25, -0.2) is 0 Å². The van der Waals surface area contributed by atoms with Gasteiger partial charge in [0.1, 0.15) is 12.4 Å². The molecule has 1 aromatic carbocycles. The second kappa shape index (κ2) is 8.93. The highest BCUT2D eigenvalue weighted by molar-refractivity contribution is 6.58. The lowest BCUT2D eigenvalue weighted by atomic mass is 9.80. The average molecular weight is 267 g/mol. The highest BCUT2D eigenvalue weighted by Crippen LogP contribution is 2.07. The first-order valence-electron chi connectivity index (χ1n) is 6.48. The molecule has 0 saturated carbocycles. The van der Waals surface area contributed by atoms with Crippen LogP contribution in [0.4, 0.5) is 0 Å². The molecule has 0 aliphatic carbocycles. The molecule has 0 unspecified atom stereocenters. The molecule has 0 radical (unpaired) electrons. The van der Waals surface area contributed by atoms with Gasteiger partial charge >= 0.3 is 7.12 Å². The summed E-state index contributed by atoms with van der Waals surface area (Å²) in [6, 6.07) is 6.74. The number of nitrogens with zero attached hydrogens (tertiary/aromatic N) is 1. The third-order valence-electron chi connectivity index (χ3n) is 2.74. The van der Waals surface area contributed by atoms with Gasteiger partial charge in [-0.1, -0.05) is 12.1 Å². The SMILES string of the molecule is CCOCCN(C)CCOc1ccc(B(O)O)cc1. The Hall–Kier alpha value is -1.08. The van der Waals surface area contributed by atoms with Crippen molar-refractivity contribution < 1.29 is 19.5 Å². The van der Waals surface area contributed by atoms with Crippen LogP contribution in [0.25, 0.3) is 0 Å². The van der Waals surface area contributed by atoms with E-state index in [0.717, 1.165) is 32.1 Å². The van der Waals surface area contributed by atoms with E-state index in [0.29, 0.717) is 12.1 Å². The van der Waals surface area contributed by atoms with Crippen LogP contribution < -0.4 is 10.2 Å². The molecule has 0 aromatic heterocycles. The van der Waals surface area contributed by atoms with E-state index in [9.17, 15) is 0 Å². The maximum atomic E-state index is 8.96. The molecular weight excluding hydrogens is 245 g/mol. The molecule has 106 valence electrons.